The highest BCUT2D eigenvalue weighted by Gasteiger charge is 2.04. The number of aromatic carboxylic acids is 1. The van der Waals surface area contributed by atoms with Crippen LogP contribution < -0.4 is 0 Å². The minimum Gasteiger partial charge on any atom is -0.478 e. The molecule has 4 heteroatoms. The zero-order valence-electron chi connectivity index (χ0n) is 8.90. The van der Waals surface area contributed by atoms with E-state index in [1.54, 1.807) is 6.07 Å². The van der Waals surface area contributed by atoms with Gasteiger partial charge in [0.2, 0.25) is 0 Å². The first-order valence-electron chi connectivity index (χ1n) is 4.75. The molecule has 0 radical (unpaired) electrons. The summed E-state index contributed by atoms with van der Waals surface area (Å²) < 4.78 is 0. The van der Waals surface area contributed by atoms with Crippen molar-refractivity contribution in [2.24, 2.45) is 0 Å². The van der Waals surface area contributed by atoms with Crippen LogP contribution in [0.3, 0.4) is 0 Å². The molecule has 0 atom stereocenters. The van der Waals surface area contributed by atoms with Gasteiger partial charge in [0.25, 0.3) is 0 Å². The molecule has 0 amide bonds. The SMILES string of the molecule is O=C(O)c1cc(C#CCO)cc(C#CCO)c1. The second-order valence-corrected chi connectivity index (χ2v) is 3.02. The van der Waals surface area contributed by atoms with Crippen LogP contribution in [0.15, 0.2) is 18.2 Å². The molecule has 1 aromatic rings. The molecule has 0 fully saturated rings. The molecule has 0 saturated carbocycles. The number of carbonyl (C=O) groups is 1. The zero-order chi connectivity index (χ0) is 12.7. The molecule has 4 nitrogen and oxygen atoms in total. The number of aliphatic hydroxyl groups excluding tert-OH is 2. The van der Waals surface area contributed by atoms with E-state index in [-0.39, 0.29) is 18.8 Å². The Balaban J connectivity index is 3.23. The van der Waals surface area contributed by atoms with Gasteiger partial charge in [-0.3, -0.25) is 0 Å². The summed E-state index contributed by atoms with van der Waals surface area (Å²) in [5.74, 6) is 9.00. The summed E-state index contributed by atoms with van der Waals surface area (Å²) in [5.41, 5.74) is 0.986. The maximum absolute atomic E-state index is 10.9. The summed E-state index contributed by atoms with van der Waals surface area (Å²) >= 11 is 0. The quantitative estimate of drug-likeness (QED) is 0.597. The first-order chi connectivity index (χ1) is 8.17. The Morgan fingerprint density at radius 3 is 1.82 bits per heavy atom. The van der Waals surface area contributed by atoms with Gasteiger partial charge in [0.15, 0.2) is 0 Å². The van der Waals surface area contributed by atoms with Crippen LogP contribution in [0.5, 0.6) is 0 Å². The molecule has 3 N–H and O–H groups in total. The Kier molecular flexibility index (Phi) is 4.77. The predicted molar refractivity (Wildman–Crippen MR) is 61.3 cm³/mol. The fraction of sp³-hybridized carbons (Fsp3) is 0.154. The van der Waals surface area contributed by atoms with Crippen molar-refractivity contribution in [1.82, 2.24) is 0 Å². The van der Waals surface area contributed by atoms with Gasteiger partial charge in [-0.15, -0.1) is 0 Å². The molecule has 0 bridgehead atoms. The smallest absolute Gasteiger partial charge is 0.335 e. The average molecular weight is 230 g/mol. The van der Waals surface area contributed by atoms with Crippen LogP contribution in [0.4, 0.5) is 0 Å². The molecule has 1 aromatic carbocycles. The van der Waals surface area contributed by atoms with Gasteiger partial charge in [0.05, 0.1) is 5.56 Å². The van der Waals surface area contributed by atoms with Crippen molar-refractivity contribution < 1.29 is 20.1 Å². The van der Waals surface area contributed by atoms with Gasteiger partial charge in [0.1, 0.15) is 13.2 Å². The second-order valence-electron chi connectivity index (χ2n) is 3.02. The van der Waals surface area contributed by atoms with E-state index in [1.165, 1.54) is 12.1 Å². The lowest BCUT2D eigenvalue weighted by Gasteiger charge is -1.98. The zero-order valence-corrected chi connectivity index (χ0v) is 8.90. The van der Waals surface area contributed by atoms with Gasteiger partial charge < -0.3 is 15.3 Å². The monoisotopic (exact) mass is 230 g/mol. The summed E-state index contributed by atoms with van der Waals surface area (Å²) in [5, 5.41) is 26.0. The van der Waals surface area contributed by atoms with E-state index in [2.05, 4.69) is 23.7 Å². The first-order valence-corrected chi connectivity index (χ1v) is 4.75. The summed E-state index contributed by atoms with van der Waals surface area (Å²) in [6.07, 6.45) is 0. The highest BCUT2D eigenvalue weighted by molar-refractivity contribution is 5.88. The average Bonchev–Trinajstić information content (AvgIpc) is 2.33. The third-order valence-corrected chi connectivity index (χ3v) is 1.80. The van der Waals surface area contributed by atoms with Gasteiger partial charge in [-0.05, 0) is 18.2 Å². The molecule has 0 aliphatic heterocycles. The molecule has 0 spiro atoms. The van der Waals surface area contributed by atoms with Crippen molar-refractivity contribution >= 4 is 5.97 Å². The van der Waals surface area contributed by atoms with Crippen LogP contribution >= 0.6 is 0 Å². The van der Waals surface area contributed by atoms with Crippen molar-refractivity contribution in [1.29, 1.82) is 0 Å². The van der Waals surface area contributed by atoms with E-state index in [4.69, 9.17) is 15.3 Å². The van der Waals surface area contributed by atoms with Gasteiger partial charge >= 0.3 is 5.97 Å². The number of aliphatic hydroxyl groups is 2. The lowest BCUT2D eigenvalue weighted by atomic mass is 10.1. The Morgan fingerprint density at radius 1 is 1.00 bits per heavy atom. The van der Waals surface area contributed by atoms with E-state index in [1.807, 2.05) is 0 Å². The number of carboxylic acids is 1. The maximum Gasteiger partial charge on any atom is 0.335 e. The van der Waals surface area contributed by atoms with Gasteiger partial charge in [-0.1, -0.05) is 23.7 Å². The van der Waals surface area contributed by atoms with Gasteiger partial charge in [0, 0.05) is 11.1 Å². The van der Waals surface area contributed by atoms with Crippen LogP contribution in [0.25, 0.3) is 0 Å². The lowest BCUT2D eigenvalue weighted by molar-refractivity contribution is 0.0697. The lowest BCUT2D eigenvalue weighted by Crippen LogP contribution is -1.98. The van der Waals surface area contributed by atoms with E-state index in [0.717, 1.165) is 0 Å². The van der Waals surface area contributed by atoms with E-state index in [9.17, 15) is 4.79 Å². The Hall–Kier alpha value is -2.27. The highest BCUT2D eigenvalue weighted by atomic mass is 16.4. The van der Waals surface area contributed by atoms with Crippen molar-refractivity contribution in [3.05, 3.63) is 34.9 Å². The summed E-state index contributed by atoms with van der Waals surface area (Å²) in [6.45, 7) is -0.593. The third kappa shape index (κ3) is 4.00. The molecule has 1 rings (SSSR count). The normalized spacial score (nSPS) is 8.59. The molecule has 0 aliphatic rings. The van der Waals surface area contributed by atoms with E-state index < -0.39 is 5.97 Å². The number of hydrogen-bond donors (Lipinski definition) is 3. The number of hydrogen-bond acceptors (Lipinski definition) is 3. The van der Waals surface area contributed by atoms with Gasteiger partial charge in [-0.2, -0.15) is 0 Å². The van der Waals surface area contributed by atoms with Crippen LogP contribution in [0.2, 0.25) is 0 Å². The molecule has 0 aromatic heterocycles. The molecule has 0 unspecified atom stereocenters. The number of carboxylic acid groups (broad SMARTS) is 1. The summed E-state index contributed by atoms with van der Waals surface area (Å²) in [4.78, 5) is 10.9. The van der Waals surface area contributed by atoms with Crippen LogP contribution in [-0.4, -0.2) is 34.5 Å². The third-order valence-electron chi connectivity index (χ3n) is 1.80. The molecule has 0 aliphatic carbocycles. The Bertz CT molecular complexity index is 498. The Morgan fingerprint density at radius 2 is 1.47 bits per heavy atom. The topological polar surface area (TPSA) is 77.8 Å². The minimum absolute atomic E-state index is 0.0666. The molecule has 0 heterocycles. The van der Waals surface area contributed by atoms with Crippen molar-refractivity contribution in [2.75, 3.05) is 13.2 Å². The molecular formula is C13H10O4. The molecule has 17 heavy (non-hydrogen) atoms. The molecule has 0 saturated heterocycles. The van der Waals surface area contributed by atoms with Crippen molar-refractivity contribution in [3.8, 4) is 23.7 Å². The molecule has 86 valence electrons. The number of benzene rings is 1. The maximum atomic E-state index is 10.9. The van der Waals surface area contributed by atoms with Gasteiger partial charge in [-0.25, -0.2) is 4.79 Å². The fourth-order valence-corrected chi connectivity index (χ4v) is 1.18. The van der Waals surface area contributed by atoms with Crippen molar-refractivity contribution in [2.45, 2.75) is 0 Å². The Labute approximate surface area is 98.5 Å². The van der Waals surface area contributed by atoms with E-state index in [0.29, 0.717) is 11.1 Å². The predicted octanol–water partition coefficient (Wildman–Crippen LogP) is 0.0724. The summed E-state index contributed by atoms with van der Waals surface area (Å²) in [7, 11) is 0. The van der Waals surface area contributed by atoms with Crippen LogP contribution in [-0.2, 0) is 0 Å². The van der Waals surface area contributed by atoms with Crippen LogP contribution in [0.1, 0.15) is 21.5 Å². The number of rotatable bonds is 1. The minimum atomic E-state index is -1.08. The first kappa shape index (κ1) is 12.8. The van der Waals surface area contributed by atoms with Crippen LogP contribution in [0, 0.1) is 23.7 Å². The highest BCUT2D eigenvalue weighted by Crippen LogP contribution is 2.09. The summed E-state index contributed by atoms with van der Waals surface area (Å²) in [6, 6.07) is 4.39. The second kappa shape index (κ2) is 6.34. The van der Waals surface area contributed by atoms with Crippen molar-refractivity contribution in [3.63, 3.8) is 0 Å². The van der Waals surface area contributed by atoms with E-state index >= 15 is 0 Å². The molecular weight excluding hydrogens is 220 g/mol. The largest absolute Gasteiger partial charge is 0.478 e. The standard InChI is InChI=1S/C13H10O4/c14-5-1-3-10-7-11(4-2-6-15)9-12(8-10)13(16)17/h7-9,14-15H,5-6H2,(H,16,17). The fourth-order valence-electron chi connectivity index (χ4n) is 1.18.